The fourth-order valence-corrected chi connectivity index (χ4v) is 3.79. The lowest BCUT2D eigenvalue weighted by molar-refractivity contribution is 0.0304. The van der Waals surface area contributed by atoms with Crippen molar-refractivity contribution in [1.29, 1.82) is 0 Å². The molecule has 0 aromatic carbocycles. The third kappa shape index (κ3) is 2.50. The molecule has 0 saturated carbocycles. The van der Waals surface area contributed by atoms with Crippen LogP contribution in [-0.2, 0) is 11.8 Å². The van der Waals surface area contributed by atoms with Gasteiger partial charge in [0.15, 0.2) is 5.65 Å². The van der Waals surface area contributed by atoms with Crippen molar-refractivity contribution < 1.29 is 9.53 Å². The molecule has 4 heterocycles. The quantitative estimate of drug-likeness (QED) is 0.718. The van der Waals surface area contributed by atoms with E-state index >= 15 is 0 Å². The molecule has 1 aliphatic heterocycles. The molecule has 24 heavy (non-hydrogen) atoms. The first-order valence-electron chi connectivity index (χ1n) is 7.90. The molecule has 3 aromatic rings. The van der Waals surface area contributed by atoms with Gasteiger partial charge in [0, 0.05) is 20.1 Å². The highest BCUT2D eigenvalue weighted by Gasteiger charge is 2.24. The van der Waals surface area contributed by atoms with Gasteiger partial charge in [-0.25, -0.2) is 4.98 Å². The lowest BCUT2D eigenvalue weighted by Crippen LogP contribution is -2.40. The molecule has 1 amide bonds. The highest BCUT2D eigenvalue weighted by molar-refractivity contribution is 7.13. The van der Waals surface area contributed by atoms with E-state index in [0.717, 1.165) is 27.3 Å². The molecule has 7 heteroatoms. The molecule has 0 aliphatic carbocycles. The molecule has 0 radical (unpaired) electrons. The first kappa shape index (κ1) is 15.3. The maximum Gasteiger partial charge on any atom is 0.254 e. The summed E-state index contributed by atoms with van der Waals surface area (Å²) in [6.07, 6.45) is 0. The highest BCUT2D eigenvalue weighted by Crippen LogP contribution is 2.30. The largest absolute Gasteiger partial charge is 0.378 e. The zero-order valence-corrected chi connectivity index (χ0v) is 14.5. The molecule has 3 aromatic heterocycles. The molecule has 1 saturated heterocycles. The molecule has 124 valence electrons. The van der Waals surface area contributed by atoms with Crippen LogP contribution in [0.5, 0.6) is 0 Å². The third-order valence-electron chi connectivity index (χ3n) is 4.27. The van der Waals surface area contributed by atoms with E-state index in [1.54, 1.807) is 16.0 Å². The Labute approximate surface area is 143 Å². The standard InChI is InChI=1S/C17H18N4O2S/c1-11-15-12(17(22)21-5-7-23-8-6-21)10-13(14-4-3-9-24-14)18-16(15)20(2)19-11/h3-4,9-10H,5-8H2,1-2H3. The van der Waals surface area contributed by atoms with E-state index in [2.05, 4.69) is 5.10 Å². The normalized spacial score (nSPS) is 15.2. The number of hydrogen-bond acceptors (Lipinski definition) is 5. The number of aromatic nitrogens is 3. The number of fused-ring (bicyclic) bond motifs is 1. The van der Waals surface area contributed by atoms with Crippen molar-refractivity contribution in [3.63, 3.8) is 0 Å². The second kappa shape index (κ2) is 5.99. The summed E-state index contributed by atoms with van der Waals surface area (Å²) in [7, 11) is 1.86. The van der Waals surface area contributed by atoms with Crippen LogP contribution in [0.3, 0.4) is 0 Å². The zero-order chi connectivity index (χ0) is 16.7. The number of amides is 1. The Bertz CT molecular complexity index is 895. The lowest BCUT2D eigenvalue weighted by Gasteiger charge is -2.27. The SMILES string of the molecule is Cc1nn(C)c2nc(-c3cccs3)cc(C(=O)N3CCOCC3)c12. The van der Waals surface area contributed by atoms with Crippen molar-refractivity contribution in [2.24, 2.45) is 7.05 Å². The molecule has 6 nitrogen and oxygen atoms in total. The van der Waals surface area contributed by atoms with E-state index in [4.69, 9.17) is 9.72 Å². The van der Waals surface area contributed by atoms with Crippen LogP contribution in [0.2, 0.25) is 0 Å². The van der Waals surface area contributed by atoms with Crippen molar-refractivity contribution in [2.45, 2.75) is 6.92 Å². The van der Waals surface area contributed by atoms with Gasteiger partial charge in [-0.3, -0.25) is 9.48 Å². The summed E-state index contributed by atoms with van der Waals surface area (Å²) in [6, 6.07) is 5.91. The molecule has 4 rings (SSSR count). The number of ether oxygens (including phenoxy) is 1. The van der Waals surface area contributed by atoms with E-state index in [9.17, 15) is 4.79 Å². The minimum atomic E-state index is 0.0274. The van der Waals surface area contributed by atoms with Gasteiger partial charge in [0.1, 0.15) is 0 Å². The van der Waals surface area contributed by atoms with Gasteiger partial charge >= 0.3 is 0 Å². The van der Waals surface area contributed by atoms with Crippen molar-refractivity contribution >= 4 is 28.3 Å². The van der Waals surface area contributed by atoms with Crippen LogP contribution in [-0.4, -0.2) is 51.9 Å². The minimum absolute atomic E-state index is 0.0274. The maximum absolute atomic E-state index is 13.1. The van der Waals surface area contributed by atoms with Crippen LogP contribution in [0.1, 0.15) is 16.1 Å². The fraction of sp³-hybridized carbons (Fsp3) is 0.353. The van der Waals surface area contributed by atoms with E-state index < -0.39 is 0 Å². The van der Waals surface area contributed by atoms with E-state index in [0.29, 0.717) is 31.9 Å². The van der Waals surface area contributed by atoms with Crippen molar-refractivity contribution in [1.82, 2.24) is 19.7 Å². The Hall–Kier alpha value is -2.25. The van der Waals surface area contributed by atoms with Gasteiger partial charge in [-0.2, -0.15) is 5.10 Å². The first-order valence-corrected chi connectivity index (χ1v) is 8.78. The third-order valence-corrected chi connectivity index (χ3v) is 5.16. The number of carbonyl (C=O) groups is 1. The summed E-state index contributed by atoms with van der Waals surface area (Å²) in [5.74, 6) is 0.0274. The van der Waals surface area contributed by atoms with Crippen LogP contribution >= 0.6 is 11.3 Å². The first-order chi connectivity index (χ1) is 11.6. The number of morpholine rings is 1. The molecule has 1 aliphatic rings. The average Bonchev–Trinajstić information content (AvgIpc) is 3.23. The van der Waals surface area contributed by atoms with E-state index in [-0.39, 0.29) is 5.91 Å². The minimum Gasteiger partial charge on any atom is -0.378 e. The van der Waals surface area contributed by atoms with Crippen LogP contribution in [0.4, 0.5) is 0 Å². The van der Waals surface area contributed by atoms with Crippen LogP contribution < -0.4 is 0 Å². The number of thiophene rings is 1. The molecule has 0 atom stereocenters. The monoisotopic (exact) mass is 342 g/mol. The summed E-state index contributed by atoms with van der Waals surface area (Å²) < 4.78 is 7.11. The van der Waals surface area contributed by atoms with Crippen molar-refractivity contribution in [3.8, 4) is 10.6 Å². The van der Waals surface area contributed by atoms with Crippen LogP contribution in [0, 0.1) is 6.92 Å². The summed E-state index contributed by atoms with van der Waals surface area (Å²) in [4.78, 5) is 20.7. The number of nitrogens with zero attached hydrogens (tertiary/aromatic N) is 4. The predicted molar refractivity (Wildman–Crippen MR) is 93.3 cm³/mol. The second-order valence-corrected chi connectivity index (χ2v) is 6.79. The van der Waals surface area contributed by atoms with Gasteiger partial charge < -0.3 is 9.64 Å². The number of hydrogen-bond donors (Lipinski definition) is 0. The van der Waals surface area contributed by atoms with Gasteiger partial charge in [-0.1, -0.05) is 6.07 Å². The van der Waals surface area contributed by atoms with Crippen LogP contribution in [0.15, 0.2) is 23.6 Å². The van der Waals surface area contributed by atoms with E-state index in [1.165, 1.54) is 0 Å². The molecule has 0 N–H and O–H groups in total. The highest BCUT2D eigenvalue weighted by atomic mass is 32.1. The molecular formula is C17H18N4O2S. The average molecular weight is 342 g/mol. The summed E-state index contributed by atoms with van der Waals surface area (Å²) >= 11 is 1.62. The van der Waals surface area contributed by atoms with Crippen LogP contribution in [0.25, 0.3) is 21.6 Å². The number of pyridine rings is 1. The Morgan fingerprint density at radius 1 is 1.33 bits per heavy atom. The maximum atomic E-state index is 13.1. The van der Waals surface area contributed by atoms with Gasteiger partial charge in [-0.15, -0.1) is 11.3 Å². The lowest BCUT2D eigenvalue weighted by atomic mass is 10.1. The number of carbonyl (C=O) groups excluding carboxylic acids is 1. The van der Waals surface area contributed by atoms with Gasteiger partial charge in [-0.05, 0) is 24.4 Å². The van der Waals surface area contributed by atoms with Crippen molar-refractivity contribution in [3.05, 3.63) is 34.8 Å². The van der Waals surface area contributed by atoms with Gasteiger partial charge in [0.25, 0.3) is 5.91 Å². The topological polar surface area (TPSA) is 60.2 Å². The Kier molecular flexibility index (Phi) is 3.82. The number of rotatable bonds is 2. The Morgan fingerprint density at radius 2 is 2.12 bits per heavy atom. The smallest absolute Gasteiger partial charge is 0.254 e. The summed E-state index contributed by atoms with van der Waals surface area (Å²) in [5.41, 5.74) is 3.07. The molecule has 1 fully saturated rings. The number of aryl methyl sites for hydroxylation is 2. The van der Waals surface area contributed by atoms with Gasteiger partial charge in [0.2, 0.25) is 0 Å². The van der Waals surface area contributed by atoms with E-state index in [1.807, 2.05) is 42.5 Å². The second-order valence-electron chi connectivity index (χ2n) is 5.84. The Morgan fingerprint density at radius 3 is 2.83 bits per heavy atom. The molecule has 0 bridgehead atoms. The zero-order valence-electron chi connectivity index (χ0n) is 13.7. The molecule has 0 spiro atoms. The predicted octanol–water partition coefficient (Wildman–Crippen LogP) is 2.48. The summed E-state index contributed by atoms with van der Waals surface area (Å²) in [6.45, 7) is 4.34. The summed E-state index contributed by atoms with van der Waals surface area (Å²) in [5, 5.41) is 7.32. The molecule has 0 unspecified atom stereocenters. The van der Waals surface area contributed by atoms with Crippen molar-refractivity contribution in [2.75, 3.05) is 26.3 Å². The van der Waals surface area contributed by atoms with Gasteiger partial charge in [0.05, 0.1) is 40.4 Å². The Balaban J connectivity index is 1.90. The fourth-order valence-electron chi connectivity index (χ4n) is 3.10. The molecular weight excluding hydrogens is 324 g/mol.